The Labute approximate surface area is 230 Å². The van der Waals surface area contributed by atoms with Crippen LogP contribution in [0.3, 0.4) is 0 Å². The lowest BCUT2D eigenvalue weighted by Gasteiger charge is -2.41. The van der Waals surface area contributed by atoms with E-state index in [1.807, 2.05) is 45.9 Å². The molecule has 3 fully saturated rings. The lowest BCUT2D eigenvalue weighted by molar-refractivity contribution is -0.153. The number of esters is 1. The average molecular weight is 541 g/mol. The summed E-state index contributed by atoms with van der Waals surface area (Å²) in [6.07, 6.45) is 5.35. The molecule has 1 spiro atoms. The fourth-order valence-corrected chi connectivity index (χ4v) is 9.03. The minimum Gasteiger partial charge on any atom is -0.461 e. The van der Waals surface area contributed by atoms with Crippen molar-refractivity contribution in [3.05, 3.63) is 54.6 Å². The molecule has 7 atom stereocenters. The largest absolute Gasteiger partial charge is 0.461 e. The van der Waals surface area contributed by atoms with E-state index in [0.29, 0.717) is 6.42 Å². The Hall–Kier alpha value is -2.58. The summed E-state index contributed by atoms with van der Waals surface area (Å²) in [6, 6.07) is 4.57. The third-order valence-electron chi connectivity index (χ3n) is 8.72. The first kappa shape index (κ1) is 28.4. The number of carbonyl (C=O) groups excluding carboxylic acids is 3. The van der Waals surface area contributed by atoms with Crippen molar-refractivity contribution in [2.24, 2.45) is 17.8 Å². The number of rotatable bonds is 11. The van der Waals surface area contributed by atoms with Crippen molar-refractivity contribution in [3.8, 4) is 0 Å². The molecule has 38 heavy (non-hydrogen) atoms. The summed E-state index contributed by atoms with van der Waals surface area (Å²) >= 11 is 1.61. The van der Waals surface area contributed by atoms with Crippen LogP contribution in [-0.2, 0) is 19.1 Å². The highest BCUT2D eigenvalue weighted by atomic mass is 32.2. The van der Waals surface area contributed by atoms with Gasteiger partial charge in [0.25, 0.3) is 5.91 Å². The first-order valence-electron chi connectivity index (χ1n) is 13.5. The Bertz CT molecular complexity index is 1100. The summed E-state index contributed by atoms with van der Waals surface area (Å²) in [6.45, 7) is 15.6. The predicted molar refractivity (Wildman–Crippen MR) is 151 cm³/mol. The van der Waals surface area contributed by atoms with Crippen LogP contribution in [0.4, 0.5) is 5.69 Å². The number of aliphatic hydroxyl groups is 1. The topological polar surface area (TPSA) is 87.2 Å². The summed E-state index contributed by atoms with van der Waals surface area (Å²) in [5.41, 5.74) is 2.73. The van der Waals surface area contributed by atoms with Crippen molar-refractivity contribution in [3.63, 3.8) is 0 Å². The number of aliphatic hydroxyl groups excluding tert-OH is 1. The van der Waals surface area contributed by atoms with Gasteiger partial charge < -0.3 is 19.6 Å². The molecule has 1 aromatic rings. The molecule has 1 aromatic carbocycles. The number of benzene rings is 1. The fraction of sp³-hybridized carbons (Fsp3) is 0.567. The van der Waals surface area contributed by atoms with Gasteiger partial charge in [0.2, 0.25) is 5.91 Å². The number of fused-ring (bicyclic) bond motifs is 1. The smallest absolute Gasteiger partial charge is 0.311 e. The molecule has 0 saturated carbocycles. The highest BCUT2D eigenvalue weighted by Gasteiger charge is 2.75. The third-order valence-corrected chi connectivity index (χ3v) is 10.7. The van der Waals surface area contributed by atoms with Crippen LogP contribution in [-0.4, -0.2) is 69.6 Å². The number of ether oxygens (including phenoxy) is 1. The van der Waals surface area contributed by atoms with E-state index in [0.717, 1.165) is 29.7 Å². The molecule has 2 unspecified atom stereocenters. The van der Waals surface area contributed by atoms with Gasteiger partial charge in [0, 0.05) is 17.5 Å². The molecule has 0 aliphatic carbocycles. The zero-order chi connectivity index (χ0) is 27.8. The van der Waals surface area contributed by atoms with Crippen LogP contribution in [0, 0.1) is 31.6 Å². The number of hydrogen-bond acceptors (Lipinski definition) is 6. The van der Waals surface area contributed by atoms with Crippen LogP contribution in [0.5, 0.6) is 0 Å². The van der Waals surface area contributed by atoms with Crippen LogP contribution in [0.15, 0.2) is 43.5 Å². The number of carbonyl (C=O) groups is 3. The van der Waals surface area contributed by atoms with E-state index in [2.05, 4.69) is 13.2 Å². The number of thioether (sulfide) groups is 1. The highest BCUT2D eigenvalue weighted by Crippen LogP contribution is 2.67. The van der Waals surface area contributed by atoms with E-state index < -0.39 is 34.6 Å². The molecular formula is C30H40N2O5S. The maximum atomic E-state index is 14.8. The SMILES string of the molecule is C=CCOC(=O)[C@@H]1[C@@H]2CCC3(S2)C(C(=O)N(CC=C)c2c(C)cccc2C)N([C@@H](CO)[C@@H](C)CC)C(=O)[C@H]13. The Morgan fingerprint density at radius 3 is 2.55 bits per heavy atom. The average Bonchev–Trinajstić information content (AvgIpc) is 3.54. The van der Waals surface area contributed by atoms with Gasteiger partial charge in [-0.1, -0.05) is 57.2 Å². The normalized spacial score (nSPS) is 29.1. The van der Waals surface area contributed by atoms with Crippen LogP contribution in [0.25, 0.3) is 0 Å². The van der Waals surface area contributed by atoms with Gasteiger partial charge in [0.05, 0.1) is 29.2 Å². The monoisotopic (exact) mass is 540 g/mol. The first-order chi connectivity index (χ1) is 18.2. The summed E-state index contributed by atoms with van der Waals surface area (Å²) in [5, 5.41) is 10.4. The maximum Gasteiger partial charge on any atom is 0.311 e. The van der Waals surface area contributed by atoms with E-state index in [9.17, 15) is 19.5 Å². The molecule has 2 amide bonds. The molecule has 0 radical (unpaired) electrons. The van der Waals surface area contributed by atoms with E-state index in [1.165, 1.54) is 6.08 Å². The molecule has 3 aliphatic rings. The number of para-hydroxylation sites is 1. The Balaban J connectivity index is 1.86. The second kappa shape index (κ2) is 11.3. The molecule has 206 valence electrons. The summed E-state index contributed by atoms with van der Waals surface area (Å²) in [4.78, 5) is 45.7. The molecule has 7 nitrogen and oxygen atoms in total. The van der Waals surface area contributed by atoms with Crippen molar-refractivity contribution < 1.29 is 24.2 Å². The highest BCUT2D eigenvalue weighted by molar-refractivity contribution is 8.02. The second-order valence-electron chi connectivity index (χ2n) is 10.8. The fourth-order valence-electron chi connectivity index (χ4n) is 6.85. The molecule has 8 heteroatoms. The van der Waals surface area contributed by atoms with Gasteiger partial charge >= 0.3 is 5.97 Å². The number of nitrogens with zero attached hydrogens (tertiary/aromatic N) is 2. The van der Waals surface area contributed by atoms with Crippen LogP contribution in [0.2, 0.25) is 0 Å². The van der Waals surface area contributed by atoms with Gasteiger partial charge in [0.15, 0.2) is 0 Å². The molecule has 4 rings (SSSR count). The van der Waals surface area contributed by atoms with Gasteiger partial charge in [-0.3, -0.25) is 14.4 Å². The van der Waals surface area contributed by atoms with Crippen molar-refractivity contribution in [2.45, 2.75) is 69.0 Å². The van der Waals surface area contributed by atoms with Crippen molar-refractivity contribution >= 4 is 35.2 Å². The number of hydrogen-bond donors (Lipinski definition) is 1. The van der Waals surface area contributed by atoms with Crippen molar-refractivity contribution in [1.29, 1.82) is 0 Å². The quantitative estimate of drug-likeness (QED) is 0.337. The van der Waals surface area contributed by atoms with Crippen LogP contribution in [0.1, 0.15) is 44.2 Å². The van der Waals surface area contributed by atoms with Gasteiger partial charge in [0.1, 0.15) is 12.6 Å². The molecule has 3 saturated heterocycles. The van der Waals surface area contributed by atoms with Gasteiger partial charge in [-0.05, 0) is 43.7 Å². The number of anilines is 1. The zero-order valence-corrected chi connectivity index (χ0v) is 23.7. The van der Waals surface area contributed by atoms with Crippen LogP contribution < -0.4 is 4.90 Å². The molecule has 2 bridgehead atoms. The van der Waals surface area contributed by atoms with E-state index in [4.69, 9.17) is 4.74 Å². The molecule has 3 heterocycles. The summed E-state index contributed by atoms with van der Waals surface area (Å²) in [5.74, 6) is -2.13. The second-order valence-corrected chi connectivity index (χ2v) is 12.4. The van der Waals surface area contributed by atoms with E-state index >= 15 is 0 Å². The predicted octanol–water partition coefficient (Wildman–Crippen LogP) is 4.05. The van der Waals surface area contributed by atoms with Gasteiger partial charge in [-0.15, -0.1) is 18.3 Å². The van der Waals surface area contributed by atoms with Gasteiger partial charge in [-0.2, -0.15) is 0 Å². The van der Waals surface area contributed by atoms with E-state index in [1.54, 1.807) is 27.6 Å². The molecule has 3 aliphatic heterocycles. The standard InChI is InChI=1S/C30H40N2O5S/c1-7-15-31(25-19(5)11-10-12-20(25)6)28(35)26-30-14-13-22(38-30)23(29(36)37-16-8-2)24(30)27(34)32(26)21(17-33)18(4)9-3/h7-8,10-12,18,21-24,26,33H,1-2,9,13-17H2,3-6H3/t18-,21-,22-,23+,24-,26?,30?/m0/s1. The Morgan fingerprint density at radius 2 is 1.97 bits per heavy atom. The molecule has 1 N–H and O–H groups in total. The maximum absolute atomic E-state index is 14.8. The third kappa shape index (κ3) is 4.39. The first-order valence-corrected chi connectivity index (χ1v) is 14.4. The van der Waals surface area contributed by atoms with Crippen molar-refractivity contribution in [2.75, 3.05) is 24.7 Å². The Morgan fingerprint density at radius 1 is 1.29 bits per heavy atom. The summed E-state index contributed by atoms with van der Waals surface area (Å²) in [7, 11) is 0. The Kier molecular flexibility index (Phi) is 8.43. The van der Waals surface area contributed by atoms with Crippen LogP contribution >= 0.6 is 11.8 Å². The lowest BCUT2D eigenvalue weighted by atomic mass is 9.71. The minimum absolute atomic E-state index is 0.0316. The number of aryl methyl sites for hydroxylation is 2. The van der Waals surface area contributed by atoms with E-state index in [-0.39, 0.29) is 42.7 Å². The molecular weight excluding hydrogens is 500 g/mol. The minimum atomic E-state index is -0.808. The van der Waals surface area contributed by atoms with Gasteiger partial charge in [-0.25, -0.2) is 0 Å². The summed E-state index contributed by atoms with van der Waals surface area (Å²) < 4.78 is 4.70. The number of amides is 2. The lowest BCUT2D eigenvalue weighted by Crippen LogP contribution is -2.59. The zero-order valence-electron chi connectivity index (χ0n) is 22.9. The number of likely N-dealkylation sites (tertiary alicyclic amines) is 1. The van der Waals surface area contributed by atoms with Crippen molar-refractivity contribution in [1.82, 2.24) is 4.90 Å². The molecule has 0 aromatic heterocycles.